The van der Waals surface area contributed by atoms with Crippen molar-refractivity contribution in [2.24, 2.45) is 0 Å². The summed E-state index contributed by atoms with van der Waals surface area (Å²) < 4.78 is 5.63. The lowest BCUT2D eigenvalue weighted by Crippen LogP contribution is -2.50. The van der Waals surface area contributed by atoms with E-state index in [0.29, 0.717) is 13.0 Å². The monoisotopic (exact) mass is 398 g/mol. The highest BCUT2D eigenvalue weighted by atomic mass is 16.6. The van der Waals surface area contributed by atoms with Crippen LogP contribution in [-0.2, 0) is 9.59 Å². The number of carbonyl (C=O) groups is 2. The van der Waals surface area contributed by atoms with Crippen LogP contribution in [0.5, 0.6) is 5.75 Å². The Bertz CT molecular complexity index is 962. The highest BCUT2D eigenvalue weighted by Crippen LogP contribution is 2.34. The topological polar surface area (TPSA) is 106 Å². The second-order valence-electron chi connectivity index (χ2n) is 6.66. The minimum atomic E-state index is -0.771. The normalized spacial score (nSPS) is 15.5. The van der Waals surface area contributed by atoms with Crippen molar-refractivity contribution >= 4 is 29.1 Å². The lowest BCUT2D eigenvalue weighted by atomic mass is 10.1. The number of carbonyl (C=O) groups excluding carboxylic acids is 2. The molecule has 9 nitrogen and oxygen atoms in total. The fourth-order valence-electron chi connectivity index (χ4n) is 3.22. The van der Waals surface area contributed by atoms with Crippen molar-refractivity contribution < 1.29 is 19.2 Å². The maximum Gasteiger partial charge on any atom is 0.366 e. The maximum atomic E-state index is 13.1. The zero-order valence-corrected chi connectivity index (χ0v) is 16.5. The molecule has 2 aromatic rings. The van der Waals surface area contributed by atoms with Gasteiger partial charge < -0.3 is 19.8 Å². The number of aromatic nitrogens is 1. The van der Waals surface area contributed by atoms with E-state index in [1.807, 2.05) is 38.1 Å². The molecule has 3 rings (SSSR count). The molecule has 0 spiro atoms. The fourth-order valence-corrected chi connectivity index (χ4v) is 3.22. The number of likely N-dealkylation sites (N-methyl/N-ethyl adjacent to an activating group) is 1. The molecule has 152 valence electrons. The largest absolute Gasteiger partial charge is 0.474 e. The molecule has 1 aromatic carbocycles. The SMILES string of the molecule is CCC1Oc2ccc([N+](=O)[O-])nc2N(CC(=O)N(CC)c2cccc(C)c2)C1=O. The van der Waals surface area contributed by atoms with Gasteiger partial charge in [-0.2, -0.15) is 0 Å². The molecule has 1 aromatic heterocycles. The van der Waals surface area contributed by atoms with Crippen LogP contribution in [0.25, 0.3) is 0 Å². The summed E-state index contributed by atoms with van der Waals surface area (Å²) >= 11 is 0. The van der Waals surface area contributed by atoms with Crippen molar-refractivity contribution in [3.63, 3.8) is 0 Å². The Hall–Kier alpha value is -3.49. The molecular weight excluding hydrogens is 376 g/mol. The van der Waals surface area contributed by atoms with E-state index in [4.69, 9.17) is 4.74 Å². The van der Waals surface area contributed by atoms with E-state index in [2.05, 4.69) is 4.98 Å². The fraction of sp³-hybridized carbons (Fsp3) is 0.350. The standard InChI is InChI=1S/C20H22N4O5/c1-4-15-20(26)23(19-16(29-15)9-10-17(21-19)24(27)28)12-18(25)22(5-2)14-8-6-7-13(3)11-14/h6-11,15H,4-5,12H2,1-3H3. The summed E-state index contributed by atoms with van der Waals surface area (Å²) in [6.07, 6.45) is -0.373. The molecule has 1 atom stereocenters. The second kappa shape index (κ2) is 8.26. The van der Waals surface area contributed by atoms with Gasteiger partial charge >= 0.3 is 5.82 Å². The van der Waals surface area contributed by atoms with Gasteiger partial charge in [-0.3, -0.25) is 14.5 Å². The highest BCUT2D eigenvalue weighted by molar-refractivity contribution is 6.06. The van der Waals surface area contributed by atoms with E-state index in [1.165, 1.54) is 17.0 Å². The summed E-state index contributed by atoms with van der Waals surface area (Å²) in [4.78, 5) is 43.1. The lowest BCUT2D eigenvalue weighted by molar-refractivity contribution is -0.389. The highest BCUT2D eigenvalue weighted by Gasteiger charge is 2.39. The Morgan fingerprint density at radius 1 is 1.31 bits per heavy atom. The van der Waals surface area contributed by atoms with Gasteiger partial charge in [-0.15, -0.1) is 0 Å². The molecule has 0 bridgehead atoms. The first kappa shape index (κ1) is 20.2. The number of fused-ring (bicyclic) bond motifs is 1. The van der Waals surface area contributed by atoms with Gasteiger partial charge in [-0.05, 0) is 53.9 Å². The zero-order valence-electron chi connectivity index (χ0n) is 16.5. The average molecular weight is 398 g/mol. The predicted molar refractivity (Wildman–Crippen MR) is 107 cm³/mol. The molecule has 0 N–H and O–H groups in total. The van der Waals surface area contributed by atoms with Gasteiger partial charge in [0, 0.05) is 18.3 Å². The first-order chi connectivity index (χ1) is 13.8. The van der Waals surface area contributed by atoms with Gasteiger partial charge in [0.25, 0.3) is 11.7 Å². The van der Waals surface area contributed by atoms with Crippen molar-refractivity contribution in [1.82, 2.24) is 4.98 Å². The predicted octanol–water partition coefficient (Wildman–Crippen LogP) is 2.86. The number of hydrogen-bond acceptors (Lipinski definition) is 6. The zero-order chi connectivity index (χ0) is 21.1. The number of aryl methyl sites for hydroxylation is 1. The van der Waals surface area contributed by atoms with Crippen molar-refractivity contribution in [2.75, 3.05) is 22.9 Å². The van der Waals surface area contributed by atoms with Crippen molar-refractivity contribution in [2.45, 2.75) is 33.3 Å². The first-order valence-electron chi connectivity index (χ1n) is 9.36. The average Bonchev–Trinajstić information content (AvgIpc) is 2.70. The van der Waals surface area contributed by atoms with Crippen LogP contribution >= 0.6 is 0 Å². The molecule has 2 amide bonds. The Morgan fingerprint density at radius 3 is 2.69 bits per heavy atom. The van der Waals surface area contributed by atoms with Gasteiger partial charge in [-0.25, -0.2) is 0 Å². The summed E-state index contributed by atoms with van der Waals surface area (Å²) in [6.45, 7) is 5.68. The minimum absolute atomic E-state index is 0.0115. The molecule has 9 heteroatoms. The van der Waals surface area contributed by atoms with E-state index in [-0.39, 0.29) is 24.0 Å². The summed E-state index contributed by atoms with van der Waals surface area (Å²) in [5.41, 5.74) is 1.72. The van der Waals surface area contributed by atoms with Crippen LogP contribution in [0.2, 0.25) is 0 Å². The van der Waals surface area contributed by atoms with Gasteiger partial charge in [0.15, 0.2) is 11.9 Å². The van der Waals surface area contributed by atoms with Crippen molar-refractivity contribution in [3.05, 3.63) is 52.1 Å². The van der Waals surface area contributed by atoms with E-state index in [9.17, 15) is 19.7 Å². The summed E-state index contributed by atoms with van der Waals surface area (Å²) in [5, 5.41) is 11.1. The van der Waals surface area contributed by atoms with Crippen LogP contribution in [0.4, 0.5) is 17.3 Å². The van der Waals surface area contributed by atoms with E-state index in [1.54, 1.807) is 11.8 Å². The number of hydrogen-bond donors (Lipinski definition) is 0. The number of benzene rings is 1. The van der Waals surface area contributed by atoms with Crippen molar-refractivity contribution in [1.29, 1.82) is 0 Å². The van der Waals surface area contributed by atoms with E-state index in [0.717, 1.165) is 11.3 Å². The third-order valence-electron chi connectivity index (χ3n) is 4.67. The maximum absolute atomic E-state index is 13.1. The number of nitro groups is 1. The third-order valence-corrected chi connectivity index (χ3v) is 4.67. The quantitative estimate of drug-likeness (QED) is 0.547. The van der Waals surface area contributed by atoms with Crippen LogP contribution in [0.1, 0.15) is 25.8 Å². The molecule has 1 aliphatic rings. The molecule has 1 unspecified atom stereocenters. The molecule has 1 aliphatic heterocycles. The Balaban J connectivity index is 1.95. The number of anilines is 2. The Labute approximate surface area is 168 Å². The minimum Gasteiger partial charge on any atom is -0.474 e. The van der Waals surface area contributed by atoms with Crippen LogP contribution in [0.15, 0.2) is 36.4 Å². The van der Waals surface area contributed by atoms with Gasteiger partial charge in [0.05, 0.1) is 0 Å². The Kier molecular flexibility index (Phi) is 5.76. The molecule has 0 radical (unpaired) electrons. The van der Waals surface area contributed by atoms with E-state index < -0.39 is 22.8 Å². The number of amides is 2. The smallest absolute Gasteiger partial charge is 0.366 e. The van der Waals surface area contributed by atoms with Crippen LogP contribution in [0.3, 0.4) is 0 Å². The number of rotatable bonds is 6. The summed E-state index contributed by atoms with van der Waals surface area (Å²) in [5.74, 6) is -0.946. The molecule has 0 saturated carbocycles. The molecule has 0 fully saturated rings. The summed E-state index contributed by atoms with van der Waals surface area (Å²) in [6, 6.07) is 10.1. The van der Waals surface area contributed by atoms with Gasteiger partial charge in [0.1, 0.15) is 6.54 Å². The van der Waals surface area contributed by atoms with Crippen LogP contribution in [-0.4, -0.2) is 40.9 Å². The lowest BCUT2D eigenvalue weighted by Gasteiger charge is -2.31. The number of ether oxygens (including phenoxy) is 1. The van der Waals surface area contributed by atoms with Gasteiger partial charge in [-0.1, -0.05) is 19.1 Å². The second-order valence-corrected chi connectivity index (χ2v) is 6.66. The molecule has 29 heavy (non-hydrogen) atoms. The molecule has 0 aliphatic carbocycles. The Morgan fingerprint density at radius 2 is 2.07 bits per heavy atom. The van der Waals surface area contributed by atoms with Crippen molar-refractivity contribution in [3.8, 4) is 5.75 Å². The van der Waals surface area contributed by atoms with Crippen LogP contribution in [0, 0.1) is 17.0 Å². The molecule has 2 heterocycles. The third kappa shape index (κ3) is 4.03. The number of nitrogens with zero attached hydrogens (tertiary/aromatic N) is 4. The first-order valence-corrected chi connectivity index (χ1v) is 9.36. The van der Waals surface area contributed by atoms with Crippen LogP contribution < -0.4 is 14.5 Å². The number of pyridine rings is 1. The molecule has 0 saturated heterocycles. The molecular formula is C20H22N4O5. The summed E-state index contributed by atoms with van der Waals surface area (Å²) in [7, 11) is 0. The van der Waals surface area contributed by atoms with Gasteiger partial charge in [0.2, 0.25) is 5.91 Å². The van der Waals surface area contributed by atoms with E-state index >= 15 is 0 Å².